The normalized spacial score (nSPS) is 19.9. The van der Waals surface area contributed by atoms with Crippen LogP contribution in [0.3, 0.4) is 0 Å². The van der Waals surface area contributed by atoms with Crippen molar-refractivity contribution in [2.24, 2.45) is 23.7 Å². The van der Waals surface area contributed by atoms with Gasteiger partial charge < -0.3 is 19.5 Å². The van der Waals surface area contributed by atoms with Crippen molar-refractivity contribution >= 4 is 11.9 Å². The van der Waals surface area contributed by atoms with Gasteiger partial charge in [0, 0.05) is 19.4 Å². The summed E-state index contributed by atoms with van der Waals surface area (Å²) < 4.78 is 11.6. The van der Waals surface area contributed by atoms with Gasteiger partial charge in [0.05, 0.1) is 13.2 Å². The van der Waals surface area contributed by atoms with Crippen LogP contribution in [0.1, 0.15) is 220 Å². The van der Waals surface area contributed by atoms with Crippen LogP contribution in [0.25, 0.3) is 0 Å². The minimum absolute atomic E-state index is 0.0293. The van der Waals surface area contributed by atoms with Crippen molar-refractivity contribution in [2.45, 2.75) is 226 Å². The van der Waals surface area contributed by atoms with E-state index in [1.165, 1.54) is 116 Å². The number of hydrogen-bond donors (Lipinski definition) is 1. The monoisotopic (exact) mass is 734 g/mol. The highest BCUT2D eigenvalue weighted by Gasteiger charge is 2.38. The molecule has 0 aromatic carbocycles. The van der Waals surface area contributed by atoms with Crippen LogP contribution in [0, 0.1) is 23.7 Å². The summed E-state index contributed by atoms with van der Waals surface area (Å²) >= 11 is 0. The van der Waals surface area contributed by atoms with E-state index >= 15 is 0 Å². The van der Waals surface area contributed by atoms with Crippen LogP contribution >= 0.6 is 0 Å². The summed E-state index contributed by atoms with van der Waals surface area (Å²) in [6.45, 7) is 10.4. The van der Waals surface area contributed by atoms with Crippen molar-refractivity contribution in [1.82, 2.24) is 4.90 Å². The van der Waals surface area contributed by atoms with Crippen LogP contribution in [0.15, 0.2) is 0 Å². The molecule has 2 saturated carbocycles. The number of carbonyl (C=O) groups excluding carboxylic acids is 2. The van der Waals surface area contributed by atoms with Gasteiger partial charge in [0.25, 0.3) is 0 Å². The van der Waals surface area contributed by atoms with Crippen LogP contribution in [0.5, 0.6) is 0 Å². The fourth-order valence-corrected chi connectivity index (χ4v) is 8.34. The quantitative estimate of drug-likeness (QED) is 0.0501. The maximum absolute atomic E-state index is 12.9. The molecular weight excluding hydrogens is 647 g/mol. The zero-order valence-corrected chi connectivity index (χ0v) is 34.9. The SMILES string of the molecule is CCCCCCCCCOC(=O)CCCCCCCN(CCO)CCCCCCCC(=O)OC(CCC1CC1CCCC)CC[C@@H]1CC1CCCC. The number of rotatable bonds is 39. The Bertz CT molecular complexity index is 825. The molecule has 4 unspecified atom stereocenters. The van der Waals surface area contributed by atoms with Crippen LogP contribution in [-0.4, -0.2) is 60.9 Å². The average molecular weight is 734 g/mol. The van der Waals surface area contributed by atoms with E-state index < -0.39 is 0 Å². The Morgan fingerprint density at radius 1 is 0.538 bits per heavy atom. The fourth-order valence-electron chi connectivity index (χ4n) is 8.34. The molecule has 0 aliphatic heterocycles. The van der Waals surface area contributed by atoms with E-state index in [1.54, 1.807) is 0 Å². The van der Waals surface area contributed by atoms with Crippen LogP contribution in [0.4, 0.5) is 0 Å². The molecule has 0 aromatic rings. The molecule has 2 aliphatic carbocycles. The minimum atomic E-state index is -0.0293. The number of carbonyl (C=O) groups is 2. The molecule has 1 N–H and O–H groups in total. The van der Waals surface area contributed by atoms with Crippen LogP contribution in [0.2, 0.25) is 0 Å². The number of ether oxygens (including phenoxy) is 2. The van der Waals surface area contributed by atoms with Gasteiger partial charge in [-0.25, -0.2) is 0 Å². The molecule has 2 rings (SSSR count). The predicted octanol–water partition coefficient (Wildman–Crippen LogP) is 12.4. The molecule has 5 atom stereocenters. The zero-order chi connectivity index (χ0) is 37.5. The first-order chi connectivity index (χ1) is 25.5. The molecule has 2 fully saturated rings. The van der Waals surface area contributed by atoms with Crippen molar-refractivity contribution in [3.05, 3.63) is 0 Å². The number of aliphatic hydroxyl groups excluding tert-OH is 1. The van der Waals surface area contributed by atoms with E-state index in [4.69, 9.17) is 9.47 Å². The molecular formula is C46H87NO5. The number of esters is 2. The maximum atomic E-state index is 12.9. The molecule has 0 saturated heterocycles. The van der Waals surface area contributed by atoms with Gasteiger partial charge >= 0.3 is 11.9 Å². The molecule has 306 valence electrons. The Balaban J connectivity index is 1.47. The van der Waals surface area contributed by atoms with E-state index in [1.807, 2.05) is 0 Å². The topological polar surface area (TPSA) is 76.1 Å². The van der Waals surface area contributed by atoms with E-state index in [9.17, 15) is 14.7 Å². The molecule has 6 nitrogen and oxygen atoms in total. The van der Waals surface area contributed by atoms with Gasteiger partial charge in [-0.3, -0.25) is 9.59 Å². The summed E-state index contributed by atoms with van der Waals surface area (Å²) in [6, 6.07) is 0. The molecule has 0 bridgehead atoms. The second kappa shape index (κ2) is 32.1. The highest BCUT2D eigenvalue weighted by molar-refractivity contribution is 5.69. The van der Waals surface area contributed by atoms with E-state index in [2.05, 4.69) is 25.7 Å². The summed E-state index contributed by atoms with van der Waals surface area (Å²) in [5, 5.41) is 9.57. The van der Waals surface area contributed by atoms with Crippen molar-refractivity contribution in [2.75, 3.05) is 32.8 Å². The van der Waals surface area contributed by atoms with Crippen molar-refractivity contribution < 1.29 is 24.2 Å². The van der Waals surface area contributed by atoms with Gasteiger partial charge in [0.1, 0.15) is 6.10 Å². The Morgan fingerprint density at radius 3 is 1.50 bits per heavy atom. The third-order valence-electron chi connectivity index (χ3n) is 12.1. The van der Waals surface area contributed by atoms with Gasteiger partial charge in [0.2, 0.25) is 0 Å². The second-order valence-electron chi connectivity index (χ2n) is 17.0. The third kappa shape index (κ3) is 25.8. The number of aliphatic hydroxyl groups is 1. The van der Waals surface area contributed by atoms with E-state index in [0.717, 1.165) is 114 Å². The molecule has 2 aliphatic rings. The smallest absolute Gasteiger partial charge is 0.306 e. The summed E-state index contributed by atoms with van der Waals surface area (Å²) in [4.78, 5) is 27.3. The average Bonchev–Trinajstić information content (AvgIpc) is 4.07. The summed E-state index contributed by atoms with van der Waals surface area (Å²) in [6.07, 6.45) is 36.5. The van der Waals surface area contributed by atoms with Gasteiger partial charge in [-0.05, 0) is 107 Å². The first kappa shape index (κ1) is 47.0. The first-order valence-corrected chi connectivity index (χ1v) is 23.2. The lowest BCUT2D eigenvalue weighted by Crippen LogP contribution is -2.29. The van der Waals surface area contributed by atoms with Crippen LogP contribution < -0.4 is 0 Å². The second-order valence-corrected chi connectivity index (χ2v) is 17.0. The Morgan fingerprint density at radius 2 is 0.981 bits per heavy atom. The van der Waals surface area contributed by atoms with Crippen molar-refractivity contribution in [1.29, 1.82) is 0 Å². The number of unbranched alkanes of at least 4 members (excludes halogenated alkanes) is 16. The Hall–Kier alpha value is -1.14. The first-order valence-electron chi connectivity index (χ1n) is 23.2. The molecule has 0 aromatic heterocycles. The largest absolute Gasteiger partial charge is 0.466 e. The summed E-state index contributed by atoms with van der Waals surface area (Å²) in [5.74, 6) is 3.66. The molecule has 52 heavy (non-hydrogen) atoms. The lowest BCUT2D eigenvalue weighted by molar-refractivity contribution is -0.150. The van der Waals surface area contributed by atoms with E-state index in [-0.39, 0.29) is 24.6 Å². The highest BCUT2D eigenvalue weighted by Crippen LogP contribution is 2.47. The fraction of sp³-hybridized carbons (Fsp3) is 0.957. The Labute approximate surface area is 322 Å². The Kier molecular flexibility index (Phi) is 29.1. The zero-order valence-electron chi connectivity index (χ0n) is 34.9. The van der Waals surface area contributed by atoms with E-state index in [0.29, 0.717) is 19.4 Å². The van der Waals surface area contributed by atoms with Gasteiger partial charge in [-0.2, -0.15) is 0 Å². The van der Waals surface area contributed by atoms with Gasteiger partial charge in [-0.15, -0.1) is 0 Å². The van der Waals surface area contributed by atoms with Gasteiger partial charge in [-0.1, -0.05) is 136 Å². The standard InChI is InChI=1S/C46H87NO5/c1-4-7-10-11-12-19-24-37-51-45(49)27-20-15-13-17-22-33-47(35-36-48)34-23-18-14-16-21-28-46(50)52-44(31-29-42-38-40(42)25-8-5-2)32-30-43-39-41(43)26-9-6-3/h40-44,48H,4-39H2,1-3H3/t40?,41?,42-,43?,44?/m1/s1. The molecule has 0 radical (unpaired) electrons. The highest BCUT2D eigenvalue weighted by atomic mass is 16.5. The lowest BCUT2D eigenvalue weighted by atomic mass is 10.0. The third-order valence-corrected chi connectivity index (χ3v) is 12.1. The summed E-state index contributed by atoms with van der Waals surface area (Å²) in [7, 11) is 0. The predicted molar refractivity (Wildman–Crippen MR) is 218 cm³/mol. The lowest BCUT2D eigenvalue weighted by Gasteiger charge is -2.21. The van der Waals surface area contributed by atoms with Crippen LogP contribution in [-0.2, 0) is 19.1 Å². The van der Waals surface area contributed by atoms with Gasteiger partial charge in [0.15, 0.2) is 0 Å². The molecule has 0 heterocycles. The number of hydrogen-bond acceptors (Lipinski definition) is 6. The van der Waals surface area contributed by atoms with Crippen molar-refractivity contribution in [3.63, 3.8) is 0 Å². The molecule has 0 spiro atoms. The number of nitrogens with zero attached hydrogens (tertiary/aromatic N) is 1. The molecule has 6 heteroatoms. The summed E-state index contributed by atoms with van der Waals surface area (Å²) in [5.41, 5.74) is 0. The molecule has 0 amide bonds. The van der Waals surface area contributed by atoms with Crippen molar-refractivity contribution in [3.8, 4) is 0 Å². The maximum Gasteiger partial charge on any atom is 0.306 e. The minimum Gasteiger partial charge on any atom is -0.466 e.